The van der Waals surface area contributed by atoms with Crippen LogP contribution in [-0.4, -0.2) is 5.91 Å². The Hall–Kier alpha value is -1.34. The average Bonchev–Trinajstić information content (AvgIpc) is 2.95. The van der Waals surface area contributed by atoms with E-state index in [1.807, 2.05) is 0 Å². The molecule has 0 bridgehead atoms. The lowest BCUT2D eigenvalue weighted by molar-refractivity contribution is -0.116. The summed E-state index contributed by atoms with van der Waals surface area (Å²) in [7, 11) is 0. The fourth-order valence-electron chi connectivity index (χ4n) is 4.90. The van der Waals surface area contributed by atoms with Crippen LogP contribution in [0.1, 0.15) is 94.6 Å². The van der Waals surface area contributed by atoms with Gasteiger partial charge in [0.15, 0.2) is 0 Å². The summed E-state index contributed by atoms with van der Waals surface area (Å²) in [6.07, 6.45) is 12.5. The third-order valence-electron chi connectivity index (χ3n) is 6.14. The molecule has 1 amide bonds. The number of carbonyl (C=O) groups excluding carboxylic acids is 1. The molecule has 0 aliphatic heterocycles. The van der Waals surface area contributed by atoms with Crippen LogP contribution < -0.4 is 5.32 Å². The van der Waals surface area contributed by atoms with Crippen molar-refractivity contribution in [2.24, 2.45) is 17.3 Å². The minimum Gasteiger partial charge on any atom is -0.317 e. The smallest absolute Gasteiger partial charge is 0.225 e. The van der Waals surface area contributed by atoms with Crippen molar-refractivity contribution in [3.8, 4) is 6.07 Å². The molecule has 1 atom stereocenters. The highest BCUT2D eigenvalue weighted by Crippen LogP contribution is 2.42. The molecule has 1 aromatic heterocycles. The molecule has 148 valence electrons. The summed E-state index contributed by atoms with van der Waals surface area (Å²) in [5.41, 5.74) is 2.28. The van der Waals surface area contributed by atoms with Crippen LogP contribution in [0.25, 0.3) is 0 Å². The van der Waals surface area contributed by atoms with Crippen LogP contribution in [0.5, 0.6) is 0 Å². The maximum Gasteiger partial charge on any atom is 0.225 e. The Balaban J connectivity index is 1.61. The largest absolute Gasteiger partial charge is 0.317 e. The van der Waals surface area contributed by atoms with Crippen molar-refractivity contribution >= 4 is 22.2 Å². The van der Waals surface area contributed by atoms with Crippen molar-refractivity contribution in [3.63, 3.8) is 0 Å². The predicted octanol–water partition coefficient (Wildman–Crippen LogP) is 6.46. The molecule has 4 heteroatoms. The number of amides is 1. The second kappa shape index (κ2) is 8.78. The highest BCUT2D eigenvalue weighted by Gasteiger charge is 2.28. The number of rotatable bonds is 5. The van der Waals surface area contributed by atoms with Gasteiger partial charge in [-0.15, -0.1) is 11.3 Å². The van der Waals surface area contributed by atoms with Gasteiger partial charge in [-0.05, 0) is 54.9 Å². The first-order chi connectivity index (χ1) is 12.9. The molecular formula is C23H34N2OS. The van der Waals surface area contributed by atoms with E-state index in [2.05, 4.69) is 32.2 Å². The van der Waals surface area contributed by atoms with Crippen molar-refractivity contribution < 1.29 is 4.79 Å². The van der Waals surface area contributed by atoms with E-state index in [4.69, 9.17) is 0 Å². The van der Waals surface area contributed by atoms with Crippen molar-refractivity contribution in [3.05, 3.63) is 16.0 Å². The first-order valence-corrected chi connectivity index (χ1v) is 11.5. The van der Waals surface area contributed by atoms with E-state index >= 15 is 0 Å². The van der Waals surface area contributed by atoms with E-state index < -0.39 is 0 Å². The lowest BCUT2D eigenvalue weighted by atomic mass is 9.77. The Bertz CT molecular complexity index is 701. The van der Waals surface area contributed by atoms with Gasteiger partial charge in [-0.2, -0.15) is 5.26 Å². The van der Waals surface area contributed by atoms with Gasteiger partial charge in [-0.3, -0.25) is 4.79 Å². The number of nitrogens with one attached hydrogen (secondary N) is 1. The number of anilines is 1. The zero-order chi connectivity index (χ0) is 19.4. The van der Waals surface area contributed by atoms with Crippen molar-refractivity contribution in [2.45, 2.75) is 91.4 Å². The Morgan fingerprint density at radius 3 is 2.59 bits per heavy atom. The third kappa shape index (κ3) is 5.57. The molecule has 1 saturated carbocycles. The molecule has 0 spiro atoms. The summed E-state index contributed by atoms with van der Waals surface area (Å²) in [6, 6.07) is 2.37. The third-order valence-corrected chi connectivity index (χ3v) is 7.31. The Morgan fingerprint density at radius 1 is 1.19 bits per heavy atom. The van der Waals surface area contributed by atoms with Crippen LogP contribution in [0.3, 0.4) is 0 Å². The number of nitriles is 1. The number of hydrogen-bond donors (Lipinski definition) is 1. The van der Waals surface area contributed by atoms with E-state index in [9.17, 15) is 10.1 Å². The summed E-state index contributed by atoms with van der Waals surface area (Å²) in [5, 5.41) is 13.5. The molecule has 1 N–H and O–H groups in total. The van der Waals surface area contributed by atoms with Gasteiger partial charge >= 0.3 is 0 Å². The average molecular weight is 387 g/mol. The van der Waals surface area contributed by atoms with Crippen molar-refractivity contribution in [1.29, 1.82) is 5.26 Å². The SMILES string of the molecule is CC(C)(C)CC1CCc2c(sc(NC(=O)CCC3CCCCC3)c2C#N)C1. The van der Waals surface area contributed by atoms with E-state index in [1.54, 1.807) is 11.3 Å². The zero-order valence-corrected chi connectivity index (χ0v) is 18.0. The highest BCUT2D eigenvalue weighted by molar-refractivity contribution is 7.16. The van der Waals surface area contributed by atoms with Crippen LogP contribution >= 0.6 is 11.3 Å². The quantitative estimate of drug-likeness (QED) is 0.631. The first-order valence-electron chi connectivity index (χ1n) is 10.7. The van der Waals surface area contributed by atoms with E-state index in [0.717, 1.165) is 42.2 Å². The van der Waals surface area contributed by atoms with Gasteiger partial charge in [0.25, 0.3) is 0 Å². The topological polar surface area (TPSA) is 52.9 Å². The van der Waals surface area contributed by atoms with E-state index in [-0.39, 0.29) is 5.91 Å². The van der Waals surface area contributed by atoms with Crippen LogP contribution in [-0.2, 0) is 17.6 Å². The fraction of sp³-hybridized carbons (Fsp3) is 0.739. The molecule has 1 heterocycles. The minimum absolute atomic E-state index is 0.0851. The van der Waals surface area contributed by atoms with Crippen LogP contribution in [0.4, 0.5) is 5.00 Å². The first kappa shape index (κ1) is 20.4. The van der Waals surface area contributed by atoms with Gasteiger partial charge in [-0.1, -0.05) is 52.9 Å². The maximum atomic E-state index is 12.5. The molecule has 2 aliphatic carbocycles. The molecule has 0 aromatic carbocycles. The van der Waals surface area contributed by atoms with Crippen LogP contribution in [0, 0.1) is 28.6 Å². The van der Waals surface area contributed by atoms with Gasteiger partial charge in [0.05, 0.1) is 5.56 Å². The number of hydrogen-bond acceptors (Lipinski definition) is 3. The molecule has 2 aliphatic rings. The number of nitrogens with zero attached hydrogens (tertiary/aromatic N) is 1. The van der Waals surface area contributed by atoms with Crippen LogP contribution in [0.2, 0.25) is 0 Å². The Morgan fingerprint density at radius 2 is 1.93 bits per heavy atom. The standard InChI is InChI=1S/C23H34N2OS/c1-23(2,3)14-17-9-11-18-19(15-24)22(27-20(18)13-17)25-21(26)12-10-16-7-5-4-6-8-16/h16-17H,4-14H2,1-3H3,(H,25,26). The van der Waals surface area contributed by atoms with Gasteiger partial charge in [0, 0.05) is 11.3 Å². The molecule has 1 fully saturated rings. The van der Waals surface area contributed by atoms with Crippen molar-refractivity contribution in [2.75, 3.05) is 5.32 Å². The van der Waals surface area contributed by atoms with E-state index in [0.29, 0.717) is 17.8 Å². The van der Waals surface area contributed by atoms with Gasteiger partial charge < -0.3 is 5.32 Å². The zero-order valence-electron chi connectivity index (χ0n) is 17.2. The number of carbonyl (C=O) groups is 1. The number of thiophene rings is 1. The van der Waals surface area contributed by atoms with Crippen molar-refractivity contribution in [1.82, 2.24) is 0 Å². The summed E-state index contributed by atoms with van der Waals surface area (Å²) in [6.45, 7) is 6.90. The Kier molecular flexibility index (Phi) is 6.63. The predicted molar refractivity (Wildman–Crippen MR) is 113 cm³/mol. The minimum atomic E-state index is 0.0851. The fourth-order valence-corrected chi connectivity index (χ4v) is 6.23. The lowest BCUT2D eigenvalue weighted by Crippen LogP contribution is -2.19. The molecule has 3 nitrogen and oxygen atoms in total. The maximum absolute atomic E-state index is 12.5. The molecule has 3 rings (SSSR count). The Labute approximate surface area is 168 Å². The molecule has 27 heavy (non-hydrogen) atoms. The second-order valence-electron chi connectivity index (χ2n) is 9.78. The van der Waals surface area contributed by atoms with Crippen LogP contribution in [0.15, 0.2) is 0 Å². The van der Waals surface area contributed by atoms with E-state index in [1.165, 1.54) is 49.0 Å². The monoisotopic (exact) mass is 386 g/mol. The molecular weight excluding hydrogens is 352 g/mol. The lowest BCUT2D eigenvalue weighted by Gasteiger charge is -2.28. The summed E-state index contributed by atoms with van der Waals surface area (Å²) >= 11 is 1.65. The number of fused-ring (bicyclic) bond motifs is 1. The summed E-state index contributed by atoms with van der Waals surface area (Å²) in [4.78, 5) is 13.8. The molecule has 1 aromatic rings. The molecule has 0 radical (unpaired) electrons. The summed E-state index contributed by atoms with van der Waals surface area (Å²) in [5.74, 6) is 1.49. The molecule has 1 unspecified atom stereocenters. The van der Waals surface area contributed by atoms with Gasteiger partial charge in [0.1, 0.15) is 11.1 Å². The summed E-state index contributed by atoms with van der Waals surface area (Å²) < 4.78 is 0. The highest BCUT2D eigenvalue weighted by atomic mass is 32.1. The normalized spacial score (nSPS) is 20.7. The van der Waals surface area contributed by atoms with Gasteiger partial charge in [-0.25, -0.2) is 0 Å². The second-order valence-corrected chi connectivity index (χ2v) is 10.9. The van der Waals surface area contributed by atoms with Gasteiger partial charge in [0.2, 0.25) is 5.91 Å². The molecule has 0 saturated heterocycles.